The van der Waals surface area contributed by atoms with Crippen LogP contribution in [0.3, 0.4) is 0 Å². The third-order valence-corrected chi connectivity index (χ3v) is 7.89. The van der Waals surface area contributed by atoms with Crippen LogP contribution < -0.4 is 15.3 Å². The molecule has 0 unspecified atom stereocenters. The number of rotatable bonds is 8. The van der Waals surface area contributed by atoms with Gasteiger partial charge in [-0.1, -0.05) is 117 Å². The number of nitrogens with one attached hydrogen (secondary N) is 1. The Balaban J connectivity index is 0.00000343. The summed E-state index contributed by atoms with van der Waals surface area (Å²) in [6, 6.07) is 31.1. The van der Waals surface area contributed by atoms with Crippen LogP contribution in [0.25, 0.3) is 68.6 Å². The van der Waals surface area contributed by atoms with E-state index in [1.54, 1.807) is 0 Å². The van der Waals surface area contributed by atoms with Crippen molar-refractivity contribution in [1.82, 2.24) is 19.9 Å². The zero-order valence-electron chi connectivity index (χ0n) is 25.0. The molecule has 5 aromatic rings. The predicted octanol–water partition coefficient (Wildman–Crippen LogP) is 9.24. The minimum Gasteiger partial charge on any atom is -0.657 e. The molecule has 0 spiro atoms. The van der Waals surface area contributed by atoms with Crippen LogP contribution in [0.4, 0.5) is 5.69 Å². The van der Waals surface area contributed by atoms with Crippen LogP contribution in [0.15, 0.2) is 91.0 Å². The Kier molecular flexibility index (Phi) is 9.00. The molecule has 5 nitrogen and oxygen atoms in total. The third kappa shape index (κ3) is 6.09. The smallest absolute Gasteiger partial charge is 0.657 e. The minimum atomic E-state index is 0. The molecule has 212 valence electrons. The van der Waals surface area contributed by atoms with Crippen molar-refractivity contribution in [3.8, 4) is 22.3 Å². The largest absolute Gasteiger partial charge is 2.00 e. The van der Waals surface area contributed by atoms with Gasteiger partial charge in [-0.2, -0.15) is 0 Å². The molecule has 0 saturated carbocycles. The van der Waals surface area contributed by atoms with Crippen LogP contribution in [0.1, 0.15) is 55.4 Å². The summed E-state index contributed by atoms with van der Waals surface area (Å²) in [7, 11) is 0. The van der Waals surface area contributed by atoms with Gasteiger partial charge >= 0.3 is 19.5 Å². The van der Waals surface area contributed by atoms with Gasteiger partial charge in [0.1, 0.15) is 0 Å². The van der Waals surface area contributed by atoms with Crippen molar-refractivity contribution in [2.45, 2.75) is 32.6 Å². The van der Waals surface area contributed by atoms with Crippen molar-refractivity contribution >= 4 is 52.1 Å². The maximum Gasteiger partial charge on any atom is 2.00 e. The number of hydrogen-bond acceptors (Lipinski definition) is 3. The SMILES string of the molecule is CCCCCCNc1c2nc(c(-c3ccccc3)c3ccc(cc4nc(c(-c5ccccc5)c5ccc1[n-]5)C=C4)[n-]3)C=C2.[Zn+2]. The molecule has 1 N–H and O–H groups in total. The van der Waals surface area contributed by atoms with Gasteiger partial charge in [-0.3, -0.25) is 0 Å². The summed E-state index contributed by atoms with van der Waals surface area (Å²) in [6.45, 7) is 3.10. The van der Waals surface area contributed by atoms with Crippen molar-refractivity contribution in [2.24, 2.45) is 0 Å². The Bertz CT molecular complexity index is 1950. The standard InChI is InChI=1S/C38H33N5.Zn/c1-2-3-4-11-24-39-38-34-22-20-32(42-34)36(26-12-7-5-8-13-26)30-18-16-28(40-30)25-29-17-19-31(41-29)37(27-14-9-6-10-15-27)33-21-23-35(38)43-33;/h5-10,12-23,25,39H,2-4,11,24H2,1H3;/q-2;+2. The molecule has 7 rings (SSSR count). The van der Waals surface area contributed by atoms with Gasteiger partial charge in [-0.05, 0) is 53.0 Å². The second-order valence-electron chi connectivity index (χ2n) is 10.9. The summed E-state index contributed by atoms with van der Waals surface area (Å²) in [4.78, 5) is 20.5. The Morgan fingerprint density at radius 2 is 1.20 bits per heavy atom. The predicted molar refractivity (Wildman–Crippen MR) is 180 cm³/mol. The third-order valence-electron chi connectivity index (χ3n) is 7.89. The maximum atomic E-state index is 5.20. The molecule has 0 atom stereocenters. The molecule has 5 heterocycles. The molecule has 2 aliphatic heterocycles. The molecular weight excluding hydrogens is 592 g/mol. The number of hydrogen-bond donors (Lipinski definition) is 1. The van der Waals surface area contributed by atoms with E-state index >= 15 is 0 Å². The van der Waals surface area contributed by atoms with Crippen molar-refractivity contribution < 1.29 is 19.5 Å². The van der Waals surface area contributed by atoms with Gasteiger partial charge in [0.2, 0.25) is 0 Å². The molecule has 6 heteroatoms. The number of aromatic nitrogens is 4. The Morgan fingerprint density at radius 3 is 1.93 bits per heavy atom. The molecule has 3 aromatic heterocycles. The van der Waals surface area contributed by atoms with E-state index in [0.717, 1.165) is 85.7 Å². The van der Waals surface area contributed by atoms with Gasteiger partial charge in [0.15, 0.2) is 0 Å². The van der Waals surface area contributed by atoms with Crippen LogP contribution in [0.5, 0.6) is 0 Å². The second kappa shape index (κ2) is 13.4. The van der Waals surface area contributed by atoms with E-state index in [4.69, 9.17) is 19.9 Å². The Labute approximate surface area is 271 Å². The topological polar surface area (TPSA) is 66.0 Å². The van der Waals surface area contributed by atoms with Crippen LogP contribution in [-0.4, -0.2) is 16.5 Å². The normalized spacial score (nSPS) is 11.8. The van der Waals surface area contributed by atoms with Gasteiger partial charge < -0.3 is 15.3 Å². The van der Waals surface area contributed by atoms with Crippen molar-refractivity contribution in [1.29, 1.82) is 0 Å². The molecule has 8 bridgehead atoms. The zero-order chi connectivity index (χ0) is 29.0. The molecule has 0 aliphatic carbocycles. The van der Waals surface area contributed by atoms with Crippen molar-refractivity contribution in [2.75, 3.05) is 11.9 Å². The molecule has 0 saturated heterocycles. The molecule has 44 heavy (non-hydrogen) atoms. The summed E-state index contributed by atoms with van der Waals surface area (Å²) in [6.07, 6.45) is 13.1. The van der Waals surface area contributed by atoms with E-state index in [2.05, 4.69) is 109 Å². The fourth-order valence-electron chi connectivity index (χ4n) is 5.77. The molecule has 2 aromatic carbocycles. The van der Waals surface area contributed by atoms with E-state index in [1.165, 1.54) is 19.3 Å². The Morgan fingerprint density at radius 1 is 0.591 bits per heavy atom. The fourth-order valence-corrected chi connectivity index (χ4v) is 5.77. The number of benzene rings is 2. The summed E-state index contributed by atoms with van der Waals surface area (Å²) in [5, 5.41) is 3.72. The molecule has 0 radical (unpaired) electrons. The quantitative estimate of drug-likeness (QED) is 0.135. The maximum absolute atomic E-state index is 5.20. The van der Waals surface area contributed by atoms with E-state index in [0.29, 0.717) is 0 Å². The monoisotopic (exact) mass is 623 g/mol. The van der Waals surface area contributed by atoms with Gasteiger partial charge in [-0.25, -0.2) is 9.97 Å². The van der Waals surface area contributed by atoms with Gasteiger partial charge in [0.05, 0.1) is 22.8 Å². The fraction of sp³-hybridized carbons (Fsp3) is 0.158. The first-order valence-corrected chi connectivity index (χ1v) is 15.1. The summed E-state index contributed by atoms with van der Waals surface area (Å²) in [5.41, 5.74) is 12.2. The van der Waals surface area contributed by atoms with Crippen LogP contribution in [0.2, 0.25) is 0 Å². The second-order valence-corrected chi connectivity index (χ2v) is 10.9. The van der Waals surface area contributed by atoms with Gasteiger partial charge in [0, 0.05) is 12.2 Å². The van der Waals surface area contributed by atoms with E-state index in [1.807, 2.05) is 18.2 Å². The summed E-state index contributed by atoms with van der Waals surface area (Å²) in [5.74, 6) is 0. The summed E-state index contributed by atoms with van der Waals surface area (Å²) < 4.78 is 0. The molecule has 0 fully saturated rings. The van der Waals surface area contributed by atoms with E-state index < -0.39 is 0 Å². The first-order valence-electron chi connectivity index (χ1n) is 15.1. The van der Waals surface area contributed by atoms with E-state index in [9.17, 15) is 0 Å². The molecular formula is C38H33N5Zn. The molecule has 2 aliphatic rings. The minimum absolute atomic E-state index is 0. The van der Waals surface area contributed by atoms with Crippen LogP contribution in [-0.2, 0) is 19.5 Å². The number of fused-ring (bicyclic) bond motifs is 8. The van der Waals surface area contributed by atoms with Crippen molar-refractivity contribution in [3.63, 3.8) is 0 Å². The molecule has 0 amide bonds. The van der Waals surface area contributed by atoms with E-state index in [-0.39, 0.29) is 19.5 Å². The van der Waals surface area contributed by atoms with Gasteiger partial charge in [0.25, 0.3) is 0 Å². The first-order chi connectivity index (χ1) is 21.3. The average molecular weight is 625 g/mol. The number of nitrogens with zero attached hydrogens (tertiary/aromatic N) is 4. The number of unbranched alkanes of at least 4 members (excludes halogenated alkanes) is 3. The first kappa shape index (κ1) is 29.5. The average Bonchev–Trinajstić information content (AvgIpc) is 3.86. The van der Waals surface area contributed by atoms with Gasteiger partial charge in [-0.15, -0.1) is 22.1 Å². The van der Waals surface area contributed by atoms with Crippen LogP contribution in [0, 0.1) is 0 Å². The van der Waals surface area contributed by atoms with Crippen molar-refractivity contribution in [3.05, 3.63) is 114 Å². The van der Waals surface area contributed by atoms with Crippen LogP contribution >= 0.6 is 0 Å². The number of anilines is 1. The Hall–Kier alpha value is -4.54. The summed E-state index contributed by atoms with van der Waals surface area (Å²) >= 11 is 0. The zero-order valence-corrected chi connectivity index (χ0v) is 28.0.